The third-order valence-corrected chi connectivity index (χ3v) is 4.21. The Kier molecular flexibility index (Phi) is 3.73. The van der Waals surface area contributed by atoms with Crippen molar-refractivity contribution in [1.29, 1.82) is 0 Å². The van der Waals surface area contributed by atoms with Crippen LogP contribution in [0, 0.1) is 11.3 Å². The van der Waals surface area contributed by atoms with Crippen molar-refractivity contribution in [3.63, 3.8) is 0 Å². The highest BCUT2D eigenvalue weighted by atomic mass is 16.5. The molecule has 2 unspecified atom stereocenters. The Bertz CT molecular complexity index is 287. The van der Waals surface area contributed by atoms with Gasteiger partial charge >= 0.3 is 0 Å². The molecule has 2 saturated carbocycles. The van der Waals surface area contributed by atoms with Gasteiger partial charge in [-0.1, -0.05) is 13.8 Å². The molecule has 0 saturated heterocycles. The van der Waals surface area contributed by atoms with Gasteiger partial charge in [-0.05, 0) is 31.7 Å². The maximum Gasteiger partial charge on any atom is 0.234 e. The SMILES string of the molecule is COC1CC(NC(=O)CNCC2CC2)C1(C)C. The van der Waals surface area contributed by atoms with E-state index in [1.165, 1.54) is 12.8 Å². The first-order chi connectivity index (χ1) is 8.04. The maximum atomic E-state index is 11.7. The van der Waals surface area contributed by atoms with Gasteiger partial charge in [-0.2, -0.15) is 0 Å². The smallest absolute Gasteiger partial charge is 0.234 e. The summed E-state index contributed by atoms with van der Waals surface area (Å²) in [5.74, 6) is 0.930. The standard InChI is InChI=1S/C13H24N2O2/c1-13(2)10(6-11(13)17-3)15-12(16)8-14-7-9-4-5-9/h9-11,14H,4-8H2,1-3H3,(H,15,16). The number of carbonyl (C=O) groups excluding carboxylic acids is 1. The quantitative estimate of drug-likeness (QED) is 0.726. The number of hydrogen-bond acceptors (Lipinski definition) is 3. The molecule has 2 atom stereocenters. The molecule has 17 heavy (non-hydrogen) atoms. The number of carbonyl (C=O) groups is 1. The average molecular weight is 240 g/mol. The van der Waals surface area contributed by atoms with Crippen LogP contribution in [-0.2, 0) is 9.53 Å². The number of hydrogen-bond donors (Lipinski definition) is 2. The second kappa shape index (κ2) is 4.94. The summed E-state index contributed by atoms with van der Waals surface area (Å²) >= 11 is 0. The molecule has 0 bridgehead atoms. The lowest BCUT2D eigenvalue weighted by atomic mass is 9.64. The van der Waals surface area contributed by atoms with E-state index in [0.717, 1.165) is 18.9 Å². The van der Waals surface area contributed by atoms with Crippen LogP contribution in [0.1, 0.15) is 33.1 Å². The van der Waals surface area contributed by atoms with Gasteiger partial charge in [0.1, 0.15) is 0 Å². The summed E-state index contributed by atoms with van der Waals surface area (Å²) in [4.78, 5) is 11.7. The number of nitrogens with one attached hydrogen (secondary N) is 2. The van der Waals surface area contributed by atoms with E-state index in [4.69, 9.17) is 4.74 Å². The molecule has 0 spiro atoms. The third kappa shape index (κ3) is 2.99. The van der Waals surface area contributed by atoms with Gasteiger partial charge in [0.2, 0.25) is 5.91 Å². The summed E-state index contributed by atoms with van der Waals surface area (Å²) in [5.41, 5.74) is 0.0565. The van der Waals surface area contributed by atoms with Crippen LogP contribution in [0.3, 0.4) is 0 Å². The highest BCUT2D eigenvalue weighted by molar-refractivity contribution is 5.78. The van der Waals surface area contributed by atoms with Gasteiger partial charge in [-0.15, -0.1) is 0 Å². The van der Waals surface area contributed by atoms with Crippen molar-refractivity contribution in [1.82, 2.24) is 10.6 Å². The molecule has 0 aromatic carbocycles. The molecular formula is C13H24N2O2. The fourth-order valence-corrected chi connectivity index (χ4v) is 2.49. The third-order valence-electron chi connectivity index (χ3n) is 4.21. The summed E-state index contributed by atoms with van der Waals surface area (Å²) in [6.45, 7) is 5.73. The Labute approximate surface area is 103 Å². The van der Waals surface area contributed by atoms with Gasteiger partial charge in [0.25, 0.3) is 0 Å². The van der Waals surface area contributed by atoms with Gasteiger partial charge in [-0.3, -0.25) is 4.79 Å². The molecule has 2 aliphatic carbocycles. The normalized spacial score (nSPS) is 30.8. The Balaban J connectivity index is 1.64. The molecule has 0 aromatic heterocycles. The minimum absolute atomic E-state index is 0.0565. The van der Waals surface area contributed by atoms with Gasteiger partial charge < -0.3 is 15.4 Å². The number of ether oxygens (including phenoxy) is 1. The molecule has 2 fully saturated rings. The monoisotopic (exact) mass is 240 g/mol. The first-order valence-electron chi connectivity index (χ1n) is 6.57. The summed E-state index contributed by atoms with van der Waals surface area (Å²) in [5, 5.41) is 6.29. The van der Waals surface area contributed by atoms with Gasteiger partial charge in [-0.25, -0.2) is 0 Å². The molecular weight excluding hydrogens is 216 g/mol. The van der Waals surface area contributed by atoms with Crippen molar-refractivity contribution in [3.05, 3.63) is 0 Å². The molecule has 2 N–H and O–H groups in total. The first kappa shape index (κ1) is 12.8. The summed E-state index contributed by atoms with van der Waals surface area (Å²) in [6.07, 6.45) is 3.84. The Hall–Kier alpha value is -0.610. The number of rotatable bonds is 6. The predicted octanol–water partition coefficient (Wildman–Crippen LogP) is 0.916. The van der Waals surface area contributed by atoms with Crippen LogP contribution in [0.25, 0.3) is 0 Å². The summed E-state index contributed by atoms with van der Waals surface area (Å²) in [6, 6.07) is 0.252. The molecule has 0 heterocycles. The molecule has 1 amide bonds. The molecule has 0 aliphatic heterocycles. The van der Waals surface area contributed by atoms with Crippen LogP contribution in [0.15, 0.2) is 0 Å². The zero-order valence-electron chi connectivity index (χ0n) is 11.1. The van der Waals surface area contributed by atoms with Crippen LogP contribution in [-0.4, -0.2) is 38.3 Å². The van der Waals surface area contributed by atoms with Crippen molar-refractivity contribution in [2.45, 2.75) is 45.3 Å². The lowest BCUT2D eigenvalue weighted by molar-refractivity contribution is -0.131. The maximum absolute atomic E-state index is 11.7. The number of methoxy groups -OCH3 is 1. The lowest BCUT2D eigenvalue weighted by Crippen LogP contribution is -2.62. The predicted molar refractivity (Wildman–Crippen MR) is 66.7 cm³/mol. The second-order valence-corrected chi connectivity index (χ2v) is 5.98. The second-order valence-electron chi connectivity index (χ2n) is 5.98. The lowest BCUT2D eigenvalue weighted by Gasteiger charge is -2.51. The van der Waals surface area contributed by atoms with Crippen molar-refractivity contribution in [3.8, 4) is 0 Å². The zero-order valence-corrected chi connectivity index (χ0v) is 11.1. The van der Waals surface area contributed by atoms with E-state index in [0.29, 0.717) is 6.54 Å². The minimum atomic E-state index is 0.0565. The van der Waals surface area contributed by atoms with Crippen LogP contribution in [0.2, 0.25) is 0 Å². The van der Waals surface area contributed by atoms with Crippen molar-refractivity contribution in [2.24, 2.45) is 11.3 Å². The van der Waals surface area contributed by atoms with Gasteiger partial charge in [0.15, 0.2) is 0 Å². The highest BCUT2D eigenvalue weighted by Crippen LogP contribution is 2.42. The molecule has 0 aromatic rings. The molecule has 98 valence electrons. The van der Waals surface area contributed by atoms with Crippen molar-refractivity contribution >= 4 is 5.91 Å². The fraction of sp³-hybridized carbons (Fsp3) is 0.923. The fourth-order valence-electron chi connectivity index (χ4n) is 2.49. The van der Waals surface area contributed by atoms with Crippen LogP contribution in [0.4, 0.5) is 0 Å². The van der Waals surface area contributed by atoms with Crippen molar-refractivity contribution < 1.29 is 9.53 Å². The Morgan fingerprint density at radius 2 is 2.12 bits per heavy atom. The van der Waals surface area contributed by atoms with Crippen LogP contribution >= 0.6 is 0 Å². The Morgan fingerprint density at radius 3 is 2.65 bits per heavy atom. The topological polar surface area (TPSA) is 50.4 Å². The highest BCUT2D eigenvalue weighted by Gasteiger charge is 2.49. The number of amides is 1. The van der Waals surface area contributed by atoms with E-state index in [-0.39, 0.29) is 23.5 Å². The molecule has 4 nitrogen and oxygen atoms in total. The van der Waals surface area contributed by atoms with Crippen molar-refractivity contribution in [2.75, 3.05) is 20.2 Å². The minimum Gasteiger partial charge on any atom is -0.381 e. The van der Waals surface area contributed by atoms with E-state index >= 15 is 0 Å². The van der Waals surface area contributed by atoms with E-state index in [2.05, 4.69) is 24.5 Å². The van der Waals surface area contributed by atoms with Gasteiger partial charge in [0.05, 0.1) is 12.6 Å². The molecule has 2 aliphatic rings. The van der Waals surface area contributed by atoms with E-state index in [9.17, 15) is 4.79 Å². The van der Waals surface area contributed by atoms with E-state index in [1.807, 2.05) is 0 Å². The van der Waals surface area contributed by atoms with E-state index < -0.39 is 0 Å². The van der Waals surface area contributed by atoms with Crippen LogP contribution < -0.4 is 10.6 Å². The summed E-state index contributed by atoms with van der Waals surface area (Å²) < 4.78 is 5.37. The first-order valence-corrected chi connectivity index (χ1v) is 6.57. The zero-order chi connectivity index (χ0) is 12.5. The summed E-state index contributed by atoms with van der Waals surface area (Å²) in [7, 11) is 1.74. The average Bonchev–Trinajstić information content (AvgIpc) is 3.07. The van der Waals surface area contributed by atoms with E-state index in [1.54, 1.807) is 7.11 Å². The van der Waals surface area contributed by atoms with Crippen LogP contribution in [0.5, 0.6) is 0 Å². The molecule has 4 heteroatoms. The van der Waals surface area contributed by atoms with Gasteiger partial charge in [0, 0.05) is 18.6 Å². The largest absolute Gasteiger partial charge is 0.381 e. The Morgan fingerprint density at radius 1 is 1.41 bits per heavy atom. The molecule has 2 rings (SSSR count). The molecule has 0 radical (unpaired) electrons.